The van der Waals surface area contributed by atoms with Crippen LogP contribution >= 0.6 is 0 Å². The van der Waals surface area contributed by atoms with Crippen LogP contribution in [0.25, 0.3) is 0 Å². The van der Waals surface area contributed by atoms with E-state index in [4.69, 9.17) is 4.74 Å². The second-order valence-electron chi connectivity index (χ2n) is 4.31. The normalized spacial score (nSPS) is 11.0. The van der Waals surface area contributed by atoms with Gasteiger partial charge in [-0.3, -0.25) is 4.79 Å². The maximum atomic E-state index is 13.5. The molecule has 0 saturated carbocycles. The molecule has 0 amide bonds. The van der Waals surface area contributed by atoms with Crippen molar-refractivity contribution in [1.29, 1.82) is 0 Å². The van der Waals surface area contributed by atoms with Crippen LogP contribution in [0.5, 0.6) is 0 Å². The number of hydrogen-bond donors (Lipinski definition) is 0. The number of nitrogens with zero attached hydrogens (tertiary/aromatic N) is 2. The Morgan fingerprint density at radius 1 is 1.38 bits per heavy atom. The standard InChI is InChI=1S/C14H15FN2O4/c1-4-21-14(19)10(8-17(2)3)13(18)9-5-6-12(16-20)11(15)7-9/h5-8H,4H2,1-3H3/b10-8-. The van der Waals surface area contributed by atoms with Crippen LogP contribution in [0.1, 0.15) is 17.3 Å². The first-order valence-corrected chi connectivity index (χ1v) is 6.13. The zero-order valence-corrected chi connectivity index (χ0v) is 11.9. The van der Waals surface area contributed by atoms with Crippen LogP contribution in [0.3, 0.4) is 0 Å². The van der Waals surface area contributed by atoms with Crippen molar-refractivity contribution in [2.45, 2.75) is 6.92 Å². The number of hydrogen-bond acceptors (Lipinski definition) is 6. The summed E-state index contributed by atoms with van der Waals surface area (Å²) in [5.74, 6) is -2.42. The van der Waals surface area contributed by atoms with Crippen LogP contribution < -0.4 is 0 Å². The second-order valence-corrected chi connectivity index (χ2v) is 4.31. The zero-order chi connectivity index (χ0) is 16.0. The highest BCUT2D eigenvalue weighted by atomic mass is 19.1. The number of carbonyl (C=O) groups is 2. The molecule has 0 aliphatic carbocycles. The van der Waals surface area contributed by atoms with Gasteiger partial charge in [-0.2, -0.15) is 0 Å². The Balaban J connectivity index is 3.20. The molecule has 0 unspecified atom stereocenters. The lowest BCUT2D eigenvalue weighted by Gasteiger charge is -2.10. The zero-order valence-electron chi connectivity index (χ0n) is 11.9. The van der Waals surface area contributed by atoms with Crippen molar-refractivity contribution < 1.29 is 18.7 Å². The van der Waals surface area contributed by atoms with Crippen LogP contribution in [0.15, 0.2) is 35.1 Å². The van der Waals surface area contributed by atoms with Crippen molar-refractivity contribution in [3.05, 3.63) is 46.3 Å². The van der Waals surface area contributed by atoms with Crippen LogP contribution in [-0.2, 0) is 9.53 Å². The van der Waals surface area contributed by atoms with Crippen LogP contribution in [-0.4, -0.2) is 37.4 Å². The second kappa shape index (κ2) is 7.28. The molecule has 0 aliphatic rings. The van der Waals surface area contributed by atoms with E-state index >= 15 is 0 Å². The number of rotatable bonds is 6. The van der Waals surface area contributed by atoms with Crippen LogP contribution in [0, 0.1) is 10.7 Å². The van der Waals surface area contributed by atoms with Crippen LogP contribution in [0.4, 0.5) is 10.1 Å². The van der Waals surface area contributed by atoms with E-state index < -0.39 is 23.3 Å². The van der Waals surface area contributed by atoms with E-state index in [1.54, 1.807) is 21.0 Å². The van der Waals surface area contributed by atoms with Gasteiger partial charge < -0.3 is 9.64 Å². The summed E-state index contributed by atoms with van der Waals surface area (Å²) in [6.07, 6.45) is 1.30. The summed E-state index contributed by atoms with van der Waals surface area (Å²) in [6, 6.07) is 3.17. The number of Topliss-reactive ketones (excluding diaryl/α,β-unsaturated/α-hetero) is 1. The number of ether oxygens (including phenoxy) is 1. The number of carbonyl (C=O) groups excluding carboxylic acids is 2. The third kappa shape index (κ3) is 4.20. The molecule has 1 aromatic carbocycles. The molecular weight excluding hydrogens is 279 g/mol. The summed E-state index contributed by atoms with van der Waals surface area (Å²) < 4.78 is 18.3. The predicted octanol–water partition coefficient (Wildman–Crippen LogP) is 2.41. The Hall–Kier alpha value is -2.57. The van der Waals surface area contributed by atoms with Gasteiger partial charge in [0.25, 0.3) is 0 Å². The van der Waals surface area contributed by atoms with E-state index in [1.807, 2.05) is 0 Å². The summed E-state index contributed by atoms with van der Waals surface area (Å²) in [4.78, 5) is 35.9. The maximum Gasteiger partial charge on any atom is 0.343 e. The van der Waals surface area contributed by atoms with E-state index in [9.17, 15) is 18.9 Å². The molecule has 0 radical (unpaired) electrons. The molecule has 21 heavy (non-hydrogen) atoms. The molecular formula is C14H15FN2O4. The smallest absolute Gasteiger partial charge is 0.343 e. The van der Waals surface area contributed by atoms with Crippen molar-refractivity contribution in [3.63, 3.8) is 0 Å². The van der Waals surface area contributed by atoms with Crippen molar-refractivity contribution in [1.82, 2.24) is 4.90 Å². The Morgan fingerprint density at radius 2 is 2.05 bits per heavy atom. The van der Waals surface area contributed by atoms with Gasteiger partial charge in [-0.15, -0.1) is 4.91 Å². The van der Waals surface area contributed by atoms with Gasteiger partial charge in [0.15, 0.2) is 5.82 Å². The quantitative estimate of drug-likeness (QED) is 0.201. The van der Waals surface area contributed by atoms with E-state index in [0.717, 1.165) is 12.1 Å². The molecule has 0 heterocycles. The van der Waals surface area contributed by atoms with Crippen molar-refractivity contribution in [2.75, 3.05) is 20.7 Å². The molecule has 0 atom stereocenters. The molecule has 0 fully saturated rings. The predicted molar refractivity (Wildman–Crippen MR) is 74.6 cm³/mol. The van der Waals surface area contributed by atoms with Gasteiger partial charge >= 0.3 is 5.97 Å². The van der Waals surface area contributed by atoms with Gasteiger partial charge in [0.05, 0.1) is 6.61 Å². The summed E-state index contributed by atoms with van der Waals surface area (Å²) in [5.41, 5.74) is -0.699. The molecule has 0 aliphatic heterocycles. The minimum Gasteiger partial charge on any atom is -0.462 e. The highest BCUT2D eigenvalue weighted by Gasteiger charge is 2.22. The van der Waals surface area contributed by atoms with Gasteiger partial charge in [-0.1, -0.05) is 0 Å². The highest BCUT2D eigenvalue weighted by Crippen LogP contribution is 2.20. The van der Waals surface area contributed by atoms with Gasteiger partial charge in [-0.25, -0.2) is 9.18 Å². The number of ketones is 1. The molecule has 6 nitrogen and oxygen atoms in total. The molecule has 7 heteroatoms. The lowest BCUT2D eigenvalue weighted by atomic mass is 10.0. The van der Waals surface area contributed by atoms with Crippen molar-refractivity contribution in [3.8, 4) is 0 Å². The summed E-state index contributed by atoms with van der Waals surface area (Å²) in [5, 5.41) is 2.48. The first-order valence-electron chi connectivity index (χ1n) is 6.13. The van der Waals surface area contributed by atoms with Crippen molar-refractivity contribution in [2.24, 2.45) is 5.18 Å². The van der Waals surface area contributed by atoms with Crippen molar-refractivity contribution >= 4 is 17.4 Å². The maximum absolute atomic E-state index is 13.5. The molecule has 112 valence electrons. The fourth-order valence-corrected chi connectivity index (χ4v) is 1.55. The summed E-state index contributed by atoms with van der Waals surface area (Å²) in [6.45, 7) is 1.72. The Kier molecular flexibility index (Phi) is 5.71. The molecule has 0 bridgehead atoms. The van der Waals surface area contributed by atoms with Gasteiger partial charge in [0, 0.05) is 25.9 Å². The minimum absolute atomic E-state index is 0.0685. The lowest BCUT2D eigenvalue weighted by Crippen LogP contribution is -2.19. The first-order chi connectivity index (χ1) is 9.90. The van der Waals surface area contributed by atoms with E-state index in [-0.39, 0.29) is 17.7 Å². The van der Waals surface area contributed by atoms with E-state index in [2.05, 4.69) is 5.18 Å². The van der Waals surface area contributed by atoms with Gasteiger partial charge in [0.2, 0.25) is 5.78 Å². The Labute approximate surface area is 121 Å². The summed E-state index contributed by atoms with van der Waals surface area (Å²) in [7, 11) is 3.26. The molecule has 1 aromatic rings. The van der Waals surface area contributed by atoms with E-state index in [1.165, 1.54) is 17.2 Å². The number of halogens is 1. The lowest BCUT2D eigenvalue weighted by molar-refractivity contribution is -0.138. The average Bonchev–Trinajstić information content (AvgIpc) is 2.44. The highest BCUT2D eigenvalue weighted by molar-refractivity contribution is 6.24. The first kappa shape index (κ1) is 16.5. The number of nitroso groups, excluding NO2 is 1. The largest absolute Gasteiger partial charge is 0.462 e. The van der Waals surface area contributed by atoms with E-state index in [0.29, 0.717) is 0 Å². The fraction of sp³-hybridized carbons (Fsp3) is 0.286. The summed E-state index contributed by atoms with van der Waals surface area (Å²) >= 11 is 0. The Bertz CT molecular complexity index is 597. The third-order valence-corrected chi connectivity index (χ3v) is 2.44. The topological polar surface area (TPSA) is 76.0 Å². The molecule has 0 N–H and O–H groups in total. The molecule has 0 saturated heterocycles. The number of benzene rings is 1. The molecule has 0 aromatic heterocycles. The molecule has 0 spiro atoms. The fourth-order valence-electron chi connectivity index (χ4n) is 1.55. The Morgan fingerprint density at radius 3 is 2.52 bits per heavy atom. The minimum atomic E-state index is -0.927. The SMILES string of the molecule is CCOC(=O)/C(=C\N(C)C)C(=O)c1ccc(N=O)c(F)c1. The molecule has 1 rings (SSSR count). The average molecular weight is 294 g/mol. The van der Waals surface area contributed by atoms with Crippen LogP contribution in [0.2, 0.25) is 0 Å². The van der Waals surface area contributed by atoms with Gasteiger partial charge in [-0.05, 0) is 30.3 Å². The number of esters is 1. The monoisotopic (exact) mass is 294 g/mol. The van der Waals surface area contributed by atoms with Gasteiger partial charge in [0.1, 0.15) is 11.3 Å². The third-order valence-electron chi connectivity index (χ3n) is 2.44.